The summed E-state index contributed by atoms with van der Waals surface area (Å²) < 4.78 is 11.3. The van der Waals surface area contributed by atoms with Crippen LogP contribution < -0.4 is 0 Å². The van der Waals surface area contributed by atoms with Crippen molar-refractivity contribution in [3.05, 3.63) is 45.0 Å². The summed E-state index contributed by atoms with van der Waals surface area (Å²) in [5.74, 6) is 0.934. The molecule has 0 radical (unpaired) electrons. The molecule has 118 valence electrons. The van der Waals surface area contributed by atoms with Gasteiger partial charge in [0.15, 0.2) is 0 Å². The number of carboxylic acids is 1. The van der Waals surface area contributed by atoms with E-state index < -0.39 is 5.97 Å². The number of rotatable bonds is 4. The SMILES string of the molecule is Cc1ccc(C2COCCN2Cc2cc(C(=O)O)sc2C)o1. The van der Waals surface area contributed by atoms with Crippen molar-refractivity contribution >= 4 is 17.3 Å². The Hall–Kier alpha value is -1.63. The number of nitrogens with zero attached hydrogens (tertiary/aromatic N) is 1. The maximum Gasteiger partial charge on any atom is 0.345 e. The molecule has 0 aliphatic carbocycles. The van der Waals surface area contributed by atoms with Gasteiger partial charge in [0.1, 0.15) is 16.4 Å². The number of ether oxygens (including phenoxy) is 1. The van der Waals surface area contributed by atoms with Gasteiger partial charge in [0.2, 0.25) is 0 Å². The molecule has 1 saturated heterocycles. The highest BCUT2D eigenvalue weighted by atomic mass is 32.1. The van der Waals surface area contributed by atoms with E-state index in [0.29, 0.717) is 24.6 Å². The van der Waals surface area contributed by atoms with E-state index in [2.05, 4.69) is 4.90 Å². The van der Waals surface area contributed by atoms with Gasteiger partial charge in [-0.2, -0.15) is 0 Å². The second kappa shape index (κ2) is 6.24. The molecule has 5 nitrogen and oxygen atoms in total. The number of furan rings is 1. The van der Waals surface area contributed by atoms with Crippen LogP contribution in [0.5, 0.6) is 0 Å². The lowest BCUT2D eigenvalue weighted by molar-refractivity contribution is -0.0205. The highest BCUT2D eigenvalue weighted by molar-refractivity contribution is 7.14. The smallest absolute Gasteiger partial charge is 0.345 e. The van der Waals surface area contributed by atoms with Crippen LogP contribution in [0.3, 0.4) is 0 Å². The van der Waals surface area contributed by atoms with Gasteiger partial charge in [-0.15, -0.1) is 11.3 Å². The van der Waals surface area contributed by atoms with Crippen molar-refractivity contribution in [3.63, 3.8) is 0 Å². The molecule has 22 heavy (non-hydrogen) atoms. The van der Waals surface area contributed by atoms with Crippen LogP contribution in [0.15, 0.2) is 22.6 Å². The van der Waals surface area contributed by atoms with Gasteiger partial charge in [0.25, 0.3) is 0 Å². The van der Waals surface area contributed by atoms with Crippen LogP contribution in [-0.4, -0.2) is 35.7 Å². The lowest BCUT2D eigenvalue weighted by Crippen LogP contribution is -2.38. The largest absolute Gasteiger partial charge is 0.477 e. The van der Waals surface area contributed by atoms with E-state index in [1.165, 1.54) is 11.3 Å². The molecule has 6 heteroatoms. The van der Waals surface area contributed by atoms with E-state index >= 15 is 0 Å². The fourth-order valence-corrected chi connectivity index (χ4v) is 3.60. The molecule has 1 N–H and O–H groups in total. The number of aryl methyl sites for hydroxylation is 2. The van der Waals surface area contributed by atoms with Gasteiger partial charge in [-0.3, -0.25) is 4.90 Å². The first-order chi connectivity index (χ1) is 10.5. The van der Waals surface area contributed by atoms with Gasteiger partial charge in [0.05, 0.1) is 19.3 Å². The Kier molecular flexibility index (Phi) is 4.33. The Morgan fingerprint density at radius 2 is 2.27 bits per heavy atom. The lowest BCUT2D eigenvalue weighted by Gasteiger charge is -2.34. The average molecular weight is 321 g/mol. The first-order valence-electron chi connectivity index (χ1n) is 7.25. The minimum Gasteiger partial charge on any atom is -0.477 e. The molecule has 2 aromatic heterocycles. The maximum absolute atomic E-state index is 11.1. The molecular formula is C16H19NO4S. The molecule has 0 aromatic carbocycles. The number of carboxylic acid groups (broad SMARTS) is 1. The molecule has 1 atom stereocenters. The van der Waals surface area contributed by atoms with Crippen molar-refractivity contribution in [3.8, 4) is 0 Å². The fraction of sp³-hybridized carbons (Fsp3) is 0.438. The molecule has 3 heterocycles. The molecular weight excluding hydrogens is 302 g/mol. The Balaban J connectivity index is 1.81. The van der Waals surface area contributed by atoms with Crippen molar-refractivity contribution in [1.82, 2.24) is 4.90 Å². The van der Waals surface area contributed by atoms with Crippen molar-refractivity contribution in [2.75, 3.05) is 19.8 Å². The lowest BCUT2D eigenvalue weighted by atomic mass is 10.1. The van der Waals surface area contributed by atoms with Gasteiger partial charge in [-0.25, -0.2) is 4.79 Å². The molecule has 1 fully saturated rings. The zero-order chi connectivity index (χ0) is 15.7. The first-order valence-corrected chi connectivity index (χ1v) is 8.07. The summed E-state index contributed by atoms with van der Waals surface area (Å²) in [5.41, 5.74) is 1.07. The predicted molar refractivity (Wildman–Crippen MR) is 83.4 cm³/mol. The molecule has 0 saturated carbocycles. The summed E-state index contributed by atoms with van der Waals surface area (Å²) >= 11 is 1.33. The van der Waals surface area contributed by atoms with Crippen LogP contribution in [0.1, 0.15) is 37.7 Å². The highest BCUT2D eigenvalue weighted by Gasteiger charge is 2.28. The van der Waals surface area contributed by atoms with E-state index in [9.17, 15) is 4.79 Å². The maximum atomic E-state index is 11.1. The van der Waals surface area contributed by atoms with Crippen LogP contribution in [-0.2, 0) is 11.3 Å². The minimum absolute atomic E-state index is 0.0787. The summed E-state index contributed by atoms with van der Waals surface area (Å²) in [4.78, 5) is 14.9. The number of morpholine rings is 1. The summed E-state index contributed by atoms with van der Waals surface area (Å²) in [7, 11) is 0. The number of carbonyl (C=O) groups is 1. The van der Waals surface area contributed by atoms with Crippen molar-refractivity contribution < 1.29 is 19.1 Å². The quantitative estimate of drug-likeness (QED) is 0.936. The molecule has 0 bridgehead atoms. The van der Waals surface area contributed by atoms with Crippen molar-refractivity contribution in [1.29, 1.82) is 0 Å². The summed E-state index contributed by atoms with van der Waals surface area (Å²) in [6.45, 7) is 6.71. The fourth-order valence-electron chi connectivity index (χ4n) is 2.72. The topological polar surface area (TPSA) is 62.9 Å². The molecule has 1 aliphatic heterocycles. The summed E-state index contributed by atoms with van der Waals surface area (Å²) in [6, 6.07) is 5.81. The third-order valence-electron chi connectivity index (χ3n) is 3.93. The molecule has 3 rings (SSSR count). The monoisotopic (exact) mass is 321 g/mol. The van der Waals surface area contributed by atoms with Crippen molar-refractivity contribution in [2.45, 2.75) is 26.4 Å². The molecule has 1 aliphatic rings. The van der Waals surface area contributed by atoms with Crippen molar-refractivity contribution in [2.24, 2.45) is 0 Å². The van der Waals surface area contributed by atoms with Crippen LogP contribution in [0, 0.1) is 13.8 Å². The second-order valence-electron chi connectivity index (χ2n) is 5.51. The molecule has 1 unspecified atom stereocenters. The average Bonchev–Trinajstić information content (AvgIpc) is 3.07. The van der Waals surface area contributed by atoms with Gasteiger partial charge in [0, 0.05) is 18.0 Å². The molecule has 0 amide bonds. The zero-order valence-corrected chi connectivity index (χ0v) is 13.5. The van der Waals surface area contributed by atoms with E-state index in [1.54, 1.807) is 6.07 Å². The third kappa shape index (κ3) is 3.09. The standard InChI is InChI=1S/C16H19NO4S/c1-10-3-4-14(21-10)13-9-20-6-5-17(13)8-12-7-15(16(18)19)22-11(12)2/h3-4,7,13H,5-6,8-9H2,1-2H3,(H,18,19). The Labute approximate surface area is 133 Å². The molecule has 0 spiro atoms. The minimum atomic E-state index is -0.862. The summed E-state index contributed by atoms with van der Waals surface area (Å²) in [6.07, 6.45) is 0. The van der Waals surface area contributed by atoms with Gasteiger partial charge >= 0.3 is 5.97 Å². The van der Waals surface area contributed by atoms with Gasteiger partial charge < -0.3 is 14.3 Å². The van der Waals surface area contributed by atoms with E-state index in [-0.39, 0.29) is 6.04 Å². The first kappa shape index (κ1) is 15.3. The van der Waals surface area contributed by atoms with E-state index in [0.717, 1.165) is 28.5 Å². The highest BCUT2D eigenvalue weighted by Crippen LogP contribution is 2.30. The van der Waals surface area contributed by atoms with Crippen LogP contribution in [0.25, 0.3) is 0 Å². The van der Waals surface area contributed by atoms with Crippen LogP contribution >= 0.6 is 11.3 Å². The number of aromatic carboxylic acids is 1. The van der Waals surface area contributed by atoms with Crippen LogP contribution in [0.2, 0.25) is 0 Å². The second-order valence-corrected chi connectivity index (χ2v) is 6.76. The summed E-state index contributed by atoms with van der Waals surface area (Å²) in [5, 5.41) is 9.12. The predicted octanol–water partition coefficient (Wildman–Crippen LogP) is 3.23. The molecule has 2 aromatic rings. The number of hydrogen-bond acceptors (Lipinski definition) is 5. The zero-order valence-electron chi connectivity index (χ0n) is 12.7. The van der Waals surface area contributed by atoms with Crippen LogP contribution in [0.4, 0.5) is 0 Å². The normalized spacial score (nSPS) is 19.5. The number of thiophene rings is 1. The van der Waals surface area contributed by atoms with Gasteiger partial charge in [-0.05, 0) is 37.6 Å². The Bertz CT molecular complexity index is 675. The Morgan fingerprint density at radius 3 is 2.91 bits per heavy atom. The Morgan fingerprint density at radius 1 is 1.45 bits per heavy atom. The number of hydrogen-bond donors (Lipinski definition) is 1. The van der Waals surface area contributed by atoms with E-state index in [4.69, 9.17) is 14.3 Å². The van der Waals surface area contributed by atoms with Gasteiger partial charge in [-0.1, -0.05) is 0 Å². The van der Waals surface area contributed by atoms with E-state index in [1.807, 2.05) is 26.0 Å². The third-order valence-corrected chi connectivity index (χ3v) is 5.01.